The summed E-state index contributed by atoms with van der Waals surface area (Å²) in [6, 6.07) is 0. The first-order chi connectivity index (χ1) is 26.7. The van der Waals surface area contributed by atoms with Gasteiger partial charge in [-0.1, -0.05) is 290 Å². The van der Waals surface area contributed by atoms with Crippen molar-refractivity contribution in [1.29, 1.82) is 0 Å². The van der Waals surface area contributed by atoms with Crippen LogP contribution in [0.4, 0.5) is 0 Å². The second-order valence-electron chi connectivity index (χ2n) is 18.1. The van der Waals surface area contributed by atoms with Crippen molar-refractivity contribution in [2.24, 2.45) is 0 Å². The number of rotatable bonds is 48. The molecule has 1 unspecified atom stereocenters. The Morgan fingerprint density at radius 2 is 0.519 bits per heavy atom. The van der Waals surface area contributed by atoms with E-state index in [0.29, 0.717) is 0 Å². The molecule has 0 heterocycles. The molecule has 0 radical (unpaired) electrons. The van der Waals surface area contributed by atoms with Gasteiger partial charge in [0.05, 0.1) is 11.7 Å². The molecule has 0 aromatic rings. The fraction of sp³-hybridized carbons (Fsp3) is 1.00. The monoisotopic (exact) mass is 779 g/mol. The molecule has 0 saturated carbocycles. The van der Waals surface area contributed by atoms with E-state index in [1.807, 2.05) is 7.11 Å². The molecule has 2 nitrogen and oxygen atoms in total. The van der Waals surface area contributed by atoms with E-state index in [-0.39, 0.29) is 11.7 Å². The molecule has 0 amide bonds. The molecule has 0 aliphatic carbocycles. The van der Waals surface area contributed by atoms with Crippen LogP contribution in [0.1, 0.15) is 310 Å². The van der Waals surface area contributed by atoms with Crippen molar-refractivity contribution in [1.82, 2.24) is 0 Å². The number of hydrogen-bond donors (Lipinski definition) is 0. The molecule has 0 spiro atoms. The molecule has 0 aromatic carbocycles. The van der Waals surface area contributed by atoms with Crippen LogP contribution in [0.25, 0.3) is 0 Å². The summed E-state index contributed by atoms with van der Waals surface area (Å²) in [4.78, 5) is 0. The largest absolute Gasteiger partial charge is 0.420 e. The van der Waals surface area contributed by atoms with E-state index in [4.69, 9.17) is 9.16 Å². The van der Waals surface area contributed by atoms with Crippen LogP contribution < -0.4 is 0 Å². The Bertz CT molecular complexity index is 636. The molecule has 0 bridgehead atoms. The first-order valence-corrected chi connectivity index (χ1v) is 26.6. The maximum atomic E-state index is 6.70. The summed E-state index contributed by atoms with van der Waals surface area (Å²) >= 11 is 0. The summed E-state index contributed by atoms with van der Waals surface area (Å²) in [5.74, 6) is 0. The van der Waals surface area contributed by atoms with Crippen molar-refractivity contribution in [3.05, 3.63) is 0 Å². The molecule has 326 valence electrons. The topological polar surface area (TPSA) is 18.5 Å². The lowest BCUT2D eigenvalue weighted by Crippen LogP contribution is -2.46. The summed E-state index contributed by atoms with van der Waals surface area (Å²) in [6.45, 7) is 6.94. The van der Waals surface area contributed by atoms with Gasteiger partial charge in [-0.05, 0) is 19.3 Å². The lowest BCUT2D eigenvalue weighted by molar-refractivity contribution is -0.0887. The van der Waals surface area contributed by atoms with Crippen LogP contribution >= 0.6 is 0 Å². The van der Waals surface area contributed by atoms with E-state index < -0.39 is 0 Å². The summed E-state index contributed by atoms with van der Waals surface area (Å²) in [5.41, 5.74) is -0.0359. The molecular weight excluding hydrogens is 673 g/mol. The molecule has 54 heavy (non-hydrogen) atoms. The number of methoxy groups -OCH3 is 1. The fourth-order valence-electron chi connectivity index (χ4n) is 9.14. The second-order valence-corrected chi connectivity index (χ2v) is 18.5. The molecule has 0 aromatic heterocycles. The summed E-state index contributed by atoms with van der Waals surface area (Å²) in [7, 11) is 2.81. The summed E-state index contributed by atoms with van der Waals surface area (Å²) in [5, 5.41) is 0. The van der Waals surface area contributed by atoms with Crippen molar-refractivity contribution < 1.29 is 9.16 Å². The zero-order chi connectivity index (χ0) is 39.3. The maximum Gasteiger partial charge on any atom is 0.146 e. The Kier molecular flexibility index (Phi) is 46.0. The molecule has 0 rings (SSSR count). The van der Waals surface area contributed by atoms with Gasteiger partial charge < -0.3 is 9.16 Å². The molecule has 3 heteroatoms. The van der Waals surface area contributed by atoms with Gasteiger partial charge in [0.15, 0.2) is 0 Å². The van der Waals surface area contributed by atoms with Crippen molar-refractivity contribution >= 4 is 10.5 Å². The lowest BCUT2D eigenvalue weighted by atomic mass is 9.82. The predicted molar refractivity (Wildman–Crippen MR) is 249 cm³/mol. The summed E-state index contributed by atoms with van der Waals surface area (Å²) in [6.07, 6.45) is 63.8. The van der Waals surface area contributed by atoms with Crippen LogP contribution in [0.5, 0.6) is 0 Å². The Morgan fingerprint density at radius 3 is 0.722 bits per heavy atom. The van der Waals surface area contributed by atoms with Gasteiger partial charge in [-0.25, -0.2) is 0 Å². The first-order valence-electron chi connectivity index (χ1n) is 25.8. The second kappa shape index (κ2) is 45.8. The first kappa shape index (κ1) is 54.1. The van der Waals surface area contributed by atoms with E-state index in [1.54, 1.807) is 0 Å². The minimum atomic E-state index is -0.0359. The van der Waals surface area contributed by atoms with Crippen molar-refractivity contribution in [2.75, 3.05) is 7.11 Å². The minimum Gasteiger partial charge on any atom is -0.420 e. The zero-order valence-electron chi connectivity index (χ0n) is 38.7. The van der Waals surface area contributed by atoms with Crippen LogP contribution in [-0.4, -0.2) is 29.3 Å². The average molecular weight is 779 g/mol. The SMILES string of the molecule is CCCCCCCCCCCCCCCCC(OC)C(CCCCCCCCCCCCCCCC)(CCCCCCCCCCCCCCCC)O[SiH3]. The van der Waals surface area contributed by atoms with E-state index in [1.165, 1.54) is 289 Å². The molecule has 1 atom stereocenters. The van der Waals surface area contributed by atoms with E-state index in [2.05, 4.69) is 20.8 Å². The van der Waals surface area contributed by atoms with Gasteiger partial charge in [0, 0.05) is 7.11 Å². The maximum absolute atomic E-state index is 6.70. The molecule has 0 aliphatic heterocycles. The smallest absolute Gasteiger partial charge is 0.146 e. The van der Waals surface area contributed by atoms with Crippen molar-refractivity contribution in [2.45, 2.75) is 321 Å². The summed E-state index contributed by atoms with van der Waals surface area (Å²) < 4.78 is 13.1. The minimum absolute atomic E-state index is 0.0359. The van der Waals surface area contributed by atoms with Gasteiger partial charge in [0.1, 0.15) is 10.5 Å². The Hall–Kier alpha value is 0.137. The third-order valence-corrected chi connectivity index (χ3v) is 13.8. The third-order valence-electron chi connectivity index (χ3n) is 13.0. The van der Waals surface area contributed by atoms with Crippen molar-refractivity contribution in [3.8, 4) is 0 Å². The van der Waals surface area contributed by atoms with E-state index in [0.717, 1.165) is 10.5 Å². The number of ether oxygens (including phenoxy) is 1. The van der Waals surface area contributed by atoms with Gasteiger partial charge >= 0.3 is 0 Å². The highest BCUT2D eigenvalue weighted by molar-refractivity contribution is 5.98. The lowest BCUT2D eigenvalue weighted by Gasteiger charge is -2.40. The highest BCUT2D eigenvalue weighted by Gasteiger charge is 2.37. The van der Waals surface area contributed by atoms with Crippen LogP contribution in [0.3, 0.4) is 0 Å². The molecule has 0 aliphatic rings. The molecule has 0 saturated heterocycles. The van der Waals surface area contributed by atoms with Gasteiger partial charge in [-0.3, -0.25) is 0 Å². The number of unbranched alkanes of at least 4 members (excludes halogenated alkanes) is 39. The molecule has 0 N–H and O–H groups in total. The Balaban J connectivity index is 4.47. The van der Waals surface area contributed by atoms with Gasteiger partial charge in [0.2, 0.25) is 0 Å². The quantitative estimate of drug-likeness (QED) is 0.0452. The van der Waals surface area contributed by atoms with Crippen LogP contribution in [0.15, 0.2) is 0 Å². The van der Waals surface area contributed by atoms with E-state index >= 15 is 0 Å². The van der Waals surface area contributed by atoms with Crippen LogP contribution in [0.2, 0.25) is 0 Å². The molecular formula is C51H106O2Si. The zero-order valence-corrected chi connectivity index (χ0v) is 40.7. The highest BCUT2D eigenvalue weighted by Crippen LogP contribution is 2.34. The average Bonchev–Trinajstić information content (AvgIpc) is 3.19. The van der Waals surface area contributed by atoms with Gasteiger partial charge in [0.25, 0.3) is 0 Å². The van der Waals surface area contributed by atoms with Crippen LogP contribution in [0, 0.1) is 0 Å². The van der Waals surface area contributed by atoms with E-state index in [9.17, 15) is 0 Å². The van der Waals surface area contributed by atoms with Gasteiger partial charge in [-0.15, -0.1) is 0 Å². The Labute approximate surface area is 347 Å². The third kappa shape index (κ3) is 36.5. The molecule has 0 fully saturated rings. The van der Waals surface area contributed by atoms with Crippen molar-refractivity contribution in [3.63, 3.8) is 0 Å². The number of hydrogen-bond acceptors (Lipinski definition) is 2. The van der Waals surface area contributed by atoms with Crippen LogP contribution in [-0.2, 0) is 9.16 Å². The normalized spacial score (nSPS) is 12.7. The van der Waals surface area contributed by atoms with Gasteiger partial charge in [-0.2, -0.15) is 0 Å². The Morgan fingerprint density at radius 1 is 0.315 bits per heavy atom. The fourth-order valence-corrected chi connectivity index (χ4v) is 9.81. The standard InChI is InChI=1S/C51H106O2Si/c1-5-8-11-14-17-20-23-26-29-32-35-38-41-44-47-50(52-4)51(53-54,48-45-42-39-36-33-30-27-24-21-18-15-12-9-6-2)49-46-43-40-37-34-31-28-25-22-19-16-13-10-7-3/h50H,5-49H2,1-4,54H3. The highest BCUT2D eigenvalue weighted by atomic mass is 28.2. The predicted octanol–water partition coefficient (Wildman–Crippen LogP) is 17.7.